The van der Waals surface area contributed by atoms with Gasteiger partial charge in [0.25, 0.3) is 0 Å². The van der Waals surface area contributed by atoms with Crippen LogP contribution >= 0.6 is 0 Å². The molecule has 0 amide bonds. The predicted molar refractivity (Wildman–Crippen MR) is 70.1 cm³/mol. The van der Waals surface area contributed by atoms with E-state index in [9.17, 15) is 13.2 Å². The molecule has 1 N–H and O–H groups in total. The maximum Gasteiger partial charge on any atom is 0.340 e. The van der Waals surface area contributed by atoms with Crippen LogP contribution in [0.25, 0.3) is 0 Å². The molecule has 0 bridgehead atoms. The van der Waals surface area contributed by atoms with Crippen LogP contribution in [0.15, 0.2) is 30.9 Å². The van der Waals surface area contributed by atoms with E-state index in [1.807, 2.05) is 0 Å². The number of methoxy groups -OCH3 is 1. The van der Waals surface area contributed by atoms with Crippen molar-refractivity contribution in [2.45, 2.75) is 6.92 Å². The lowest BCUT2D eigenvalue weighted by atomic mass is 10.1. The third-order valence-electron chi connectivity index (χ3n) is 2.18. The van der Waals surface area contributed by atoms with Gasteiger partial charge in [0, 0.05) is 0 Å². The topological polar surface area (TPSA) is 72.5 Å². The van der Waals surface area contributed by atoms with E-state index in [-0.39, 0.29) is 17.0 Å². The molecule has 5 nitrogen and oxygen atoms in total. The number of hydrogen-bond donors (Lipinski definition) is 1. The second-order valence-electron chi connectivity index (χ2n) is 3.71. The van der Waals surface area contributed by atoms with Crippen LogP contribution in [0.1, 0.15) is 15.9 Å². The smallest absolute Gasteiger partial charge is 0.340 e. The zero-order valence-electron chi connectivity index (χ0n) is 10.3. The van der Waals surface area contributed by atoms with Crippen molar-refractivity contribution in [2.24, 2.45) is 0 Å². The lowest BCUT2D eigenvalue weighted by Gasteiger charge is -2.11. The summed E-state index contributed by atoms with van der Waals surface area (Å²) in [6.45, 7) is 5.16. The highest BCUT2D eigenvalue weighted by atomic mass is 32.2. The largest absolute Gasteiger partial charge is 0.465 e. The molecular weight excluding hydrogens is 254 g/mol. The Balaban J connectivity index is 3.17. The minimum atomic E-state index is -3.54. The van der Waals surface area contributed by atoms with Gasteiger partial charge in [-0.15, -0.1) is 6.58 Å². The Morgan fingerprint density at radius 3 is 2.72 bits per heavy atom. The average Bonchev–Trinajstić information content (AvgIpc) is 2.30. The quantitative estimate of drug-likeness (QED) is 0.652. The Morgan fingerprint density at radius 1 is 1.50 bits per heavy atom. The summed E-state index contributed by atoms with van der Waals surface area (Å²) in [7, 11) is -2.29. The van der Waals surface area contributed by atoms with Crippen LogP contribution in [0.4, 0.5) is 5.69 Å². The Labute approximate surface area is 107 Å². The predicted octanol–water partition coefficient (Wildman–Crippen LogP) is 1.71. The van der Waals surface area contributed by atoms with Crippen molar-refractivity contribution in [3.05, 3.63) is 42.0 Å². The summed E-state index contributed by atoms with van der Waals surface area (Å²) in [5.41, 5.74) is 1.22. The summed E-state index contributed by atoms with van der Waals surface area (Å²) in [4.78, 5) is 11.6. The van der Waals surface area contributed by atoms with Gasteiger partial charge in [-0.3, -0.25) is 4.72 Å². The molecule has 0 radical (unpaired) electrons. The Hall–Kier alpha value is -1.82. The number of carbonyl (C=O) groups is 1. The fraction of sp³-hybridized carbons (Fsp3) is 0.250. The van der Waals surface area contributed by atoms with Crippen molar-refractivity contribution in [1.29, 1.82) is 0 Å². The zero-order valence-corrected chi connectivity index (χ0v) is 11.1. The summed E-state index contributed by atoms with van der Waals surface area (Å²) in [5, 5.41) is 0. The third-order valence-corrected chi connectivity index (χ3v) is 3.39. The van der Waals surface area contributed by atoms with Crippen molar-refractivity contribution < 1.29 is 17.9 Å². The number of rotatable bonds is 5. The summed E-state index contributed by atoms with van der Waals surface area (Å²) in [5.74, 6) is -0.809. The minimum Gasteiger partial charge on any atom is -0.465 e. The summed E-state index contributed by atoms with van der Waals surface area (Å²) in [6.07, 6.45) is 1.27. The molecule has 1 aromatic rings. The highest BCUT2D eigenvalue weighted by Crippen LogP contribution is 2.19. The summed E-state index contributed by atoms with van der Waals surface area (Å²) >= 11 is 0. The van der Waals surface area contributed by atoms with E-state index in [2.05, 4.69) is 16.0 Å². The van der Waals surface area contributed by atoms with E-state index in [1.165, 1.54) is 19.3 Å². The second-order valence-corrected chi connectivity index (χ2v) is 5.48. The van der Waals surface area contributed by atoms with E-state index < -0.39 is 16.0 Å². The monoisotopic (exact) mass is 269 g/mol. The molecule has 0 unspecified atom stereocenters. The molecular formula is C12H15NO4S. The van der Waals surface area contributed by atoms with Crippen LogP contribution in [-0.4, -0.2) is 27.2 Å². The van der Waals surface area contributed by atoms with Crippen LogP contribution in [0.3, 0.4) is 0 Å². The van der Waals surface area contributed by atoms with Gasteiger partial charge >= 0.3 is 5.97 Å². The summed E-state index contributed by atoms with van der Waals surface area (Å²) in [6, 6.07) is 4.80. The van der Waals surface area contributed by atoms with Gasteiger partial charge < -0.3 is 4.74 Å². The second kappa shape index (κ2) is 5.68. The van der Waals surface area contributed by atoms with Gasteiger partial charge in [-0.25, -0.2) is 13.2 Å². The first-order chi connectivity index (χ1) is 8.39. The fourth-order valence-corrected chi connectivity index (χ4v) is 2.30. The Kier molecular flexibility index (Phi) is 4.49. The van der Waals surface area contributed by atoms with Crippen molar-refractivity contribution in [1.82, 2.24) is 0 Å². The molecule has 18 heavy (non-hydrogen) atoms. The number of carbonyl (C=O) groups excluding carboxylic acids is 1. The van der Waals surface area contributed by atoms with E-state index in [0.717, 1.165) is 5.56 Å². The van der Waals surface area contributed by atoms with Crippen LogP contribution in [0, 0.1) is 6.92 Å². The third kappa shape index (κ3) is 3.59. The Morgan fingerprint density at radius 2 is 2.17 bits per heavy atom. The molecule has 0 heterocycles. The molecule has 0 saturated carbocycles. The van der Waals surface area contributed by atoms with Gasteiger partial charge in [0.05, 0.1) is 24.1 Å². The van der Waals surface area contributed by atoms with Gasteiger partial charge in [0.2, 0.25) is 10.0 Å². The molecule has 1 aromatic carbocycles. The first-order valence-corrected chi connectivity index (χ1v) is 6.85. The molecule has 6 heteroatoms. The lowest BCUT2D eigenvalue weighted by Crippen LogP contribution is -2.18. The van der Waals surface area contributed by atoms with Crippen molar-refractivity contribution >= 4 is 21.7 Å². The van der Waals surface area contributed by atoms with Crippen molar-refractivity contribution in [2.75, 3.05) is 17.6 Å². The number of benzene rings is 1. The molecule has 0 spiro atoms. The Bertz CT molecular complexity index is 563. The van der Waals surface area contributed by atoms with Crippen molar-refractivity contribution in [3.63, 3.8) is 0 Å². The maximum atomic E-state index is 11.6. The van der Waals surface area contributed by atoms with E-state index in [4.69, 9.17) is 0 Å². The highest BCUT2D eigenvalue weighted by molar-refractivity contribution is 7.92. The molecule has 0 aromatic heterocycles. The lowest BCUT2D eigenvalue weighted by molar-refractivity contribution is 0.0602. The van der Waals surface area contributed by atoms with Gasteiger partial charge in [-0.2, -0.15) is 0 Å². The summed E-state index contributed by atoms with van der Waals surface area (Å²) < 4.78 is 30.2. The van der Waals surface area contributed by atoms with Gasteiger partial charge in [0.15, 0.2) is 0 Å². The van der Waals surface area contributed by atoms with E-state index in [0.29, 0.717) is 0 Å². The molecule has 0 aliphatic rings. The molecule has 0 fully saturated rings. The molecule has 0 aliphatic carbocycles. The molecule has 98 valence electrons. The molecule has 0 aliphatic heterocycles. The van der Waals surface area contributed by atoms with E-state index >= 15 is 0 Å². The number of aryl methyl sites for hydroxylation is 1. The highest BCUT2D eigenvalue weighted by Gasteiger charge is 2.16. The molecule has 1 rings (SSSR count). The van der Waals surface area contributed by atoms with Crippen LogP contribution < -0.4 is 4.72 Å². The van der Waals surface area contributed by atoms with Gasteiger partial charge in [0.1, 0.15) is 0 Å². The number of nitrogens with one attached hydrogen (secondary N) is 1. The zero-order chi connectivity index (χ0) is 13.8. The number of esters is 1. The molecule has 0 atom stereocenters. The number of anilines is 1. The van der Waals surface area contributed by atoms with Crippen LogP contribution in [0.5, 0.6) is 0 Å². The first-order valence-electron chi connectivity index (χ1n) is 5.20. The van der Waals surface area contributed by atoms with Gasteiger partial charge in [-0.05, 0) is 19.1 Å². The standard InChI is InChI=1S/C12H15NO4S/c1-4-7-18(15,16)13-11-6-5-9(2)8-10(11)12(14)17-3/h4-6,8,13H,1,7H2,2-3H3. The SMILES string of the molecule is C=CCS(=O)(=O)Nc1ccc(C)cc1C(=O)OC. The van der Waals surface area contributed by atoms with E-state index in [1.54, 1.807) is 19.1 Å². The number of ether oxygens (including phenoxy) is 1. The van der Waals surface area contributed by atoms with Crippen LogP contribution in [-0.2, 0) is 14.8 Å². The normalized spacial score (nSPS) is 10.8. The fourth-order valence-electron chi connectivity index (χ4n) is 1.39. The minimum absolute atomic E-state index is 0.185. The first kappa shape index (κ1) is 14.2. The average molecular weight is 269 g/mol. The number of hydrogen-bond acceptors (Lipinski definition) is 4. The van der Waals surface area contributed by atoms with Crippen molar-refractivity contribution in [3.8, 4) is 0 Å². The van der Waals surface area contributed by atoms with Crippen LogP contribution in [0.2, 0.25) is 0 Å². The molecule has 0 saturated heterocycles. The number of sulfonamides is 1. The maximum absolute atomic E-state index is 11.6. The van der Waals surface area contributed by atoms with Gasteiger partial charge in [-0.1, -0.05) is 17.7 Å².